The summed E-state index contributed by atoms with van der Waals surface area (Å²) in [5.74, 6) is -1.86. The van der Waals surface area contributed by atoms with E-state index in [1.807, 2.05) is 0 Å². The third-order valence-corrected chi connectivity index (χ3v) is 3.25. The Morgan fingerprint density at radius 2 is 2.19 bits per heavy atom. The van der Waals surface area contributed by atoms with Gasteiger partial charge in [-0.2, -0.15) is 0 Å². The van der Waals surface area contributed by atoms with Gasteiger partial charge in [-0.05, 0) is 12.1 Å². The number of aliphatic carboxylic acids is 1. The van der Waals surface area contributed by atoms with Crippen LogP contribution in [-0.2, 0) is 9.59 Å². The number of β-amino-alcohol motifs (C(OH)–C–C–N with tert-alkyl or cyclic N) is 1. The fourth-order valence-electron chi connectivity index (χ4n) is 2.24. The fraction of sp³-hybridized carbons (Fsp3) is 0.462. The molecule has 1 saturated heterocycles. The van der Waals surface area contributed by atoms with Crippen LogP contribution >= 0.6 is 0 Å². The number of carboxylic acid groups (broad SMARTS) is 1. The van der Waals surface area contributed by atoms with Gasteiger partial charge in [0.1, 0.15) is 6.04 Å². The van der Waals surface area contributed by atoms with Gasteiger partial charge in [0, 0.05) is 25.9 Å². The number of nitrogens with one attached hydrogen (secondary N) is 1. The number of hydrogen-bond donors (Lipinski definition) is 3. The molecule has 8 heteroatoms. The quantitative estimate of drug-likeness (QED) is 0.670. The zero-order valence-corrected chi connectivity index (χ0v) is 11.2. The Morgan fingerprint density at radius 1 is 1.43 bits per heavy atom. The Bertz CT molecular complexity index is 527. The molecule has 1 fully saturated rings. The van der Waals surface area contributed by atoms with E-state index in [2.05, 4.69) is 5.32 Å². The summed E-state index contributed by atoms with van der Waals surface area (Å²) in [5, 5.41) is 21.0. The molecule has 2 rings (SSSR count). The molecule has 3 N–H and O–H groups in total. The van der Waals surface area contributed by atoms with Crippen molar-refractivity contribution in [2.75, 3.05) is 13.1 Å². The van der Waals surface area contributed by atoms with Gasteiger partial charge in [-0.25, -0.2) is 4.79 Å². The van der Waals surface area contributed by atoms with Crippen molar-refractivity contribution in [2.24, 2.45) is 0 Å². The summed E-state index contributed by atoms with van der Waals surface area (Å²) in [6.45, 7) is 0.0687. The summed E-state index contributed by atoms with van der Waals surface area (Å²) in [5.41, 5.74) is 0. The molecule has 0 aromatic carbocycles. The first-order chi connectivity index (χ1) is 9.99. The number of hydrogen-bond acceptors (Lipinski definition) is 5. The van der Waals surface area contributed by atoms with Crippen molar-refractivity contribution in [3.05, 3.63) is 24.2 Å². The van der Waals surface area contributed by atoms with Crippen LogP contribution in [0.15, 0.2) is 22.8 Å². The minimum atomic E-state index is -1.14. The van der Waals surface area contributed by atoms with Crippen molar-refractivity contribution in [2.45, 2.75) is 25.0 Å². The number of nitrogens with zero attached hydrogens (tertiary/aromatic N) is 1. The number of aliphatic hydroxyl groups excluding tert-OH is 1. The molecule has 0 radical (unpaired) electrons. The summed E-state index contributed by atoms with van der Waals surface area (Å²) in [6, 6.07) is 2.06. The summed E-state index contributed by atoms with van der Waals surface area (Å²) >= 11 is 0. The summed E-state index contributed by atoms with van der Waals surface area (Å²) in [4.78, 5) is 35.7. The van der Waals surface area contributed by atoms with Crippen LogP contribution in [0.2, 0.25) is 0 Å². The Labute approximate surface area is 120 Å². The van der Waals surface area contributed by atoms with E-state index in [1.54, 1.807) is 6.07 Å². The second-order valence-electron chi connectivity index (χ2n) is 4.77. The van der Waals surface area contributed by atoms with Crippen LogP contribution in [0.3, 0.4) is 0 Å². The van der Waals surface area contributed by atoms with E-state index in [-0.39, 0.29) is 31.7 Å². The summed E-state index contributed by atoms with van der Waals surface area (Å²) in [6.07, 6.45) is 0.527. The summed E-state index contributed by atoms with van der Waals surface area (Å²) < 4.78 is 4.90. The van der Waals surface area contributed by atoms with Crippen molar-refractivity contribution >= 4 is 17.8 Å². The van der Waals surface area contributed by atoms with E-state index in [1.165, 1.54) is 12.3 Å². The minimum Gasteiger partial charge on any atom is -0.480 e. The van der Waals surface area contributed by atoms with E-state index in [0.717, 1.165) is 4.90 Å². The molecule has 2 unspecified atom stereocenters. The number of aliphatic hydroxyl groups is 1. The van der Waals surface area contributed by atoms with Gasteiger partial charge in [0.2, 0.25) is 5.91 Å². The lowest BCUT2D eigenvalue weighted by atomic mass is 10.2. The first kappa shape index (κ1) is 15.0. The maximum Gasteiger partial charge on any atom is 0.326 e. The van der Waals surface area contributed by atoms with Gasteiger partial charge in [-0.1, -0.05) is 0 Å². The van der Waals surface area contributed by atoms with Crippen LogP contribution < -0.4 is 5.32 Å². The van der Waals surface area contributed by atoms with Gasteiger partial charge < -0.3 is 24.8 Å². The highest BCUT2D eigenvalue weighted by Gasteiger charge is 2.38. The third kappa shape index (κ3) is 3.60. The zero-order valence-electron chi connectivity index (χ0n) is 11.2. The van der Waals surface area contributed by atoms with Gasteiger partial charge in [-0.3, -0.25) is 9.59 Å². The van der Waals surface area contributed by atoms with Gasteiger partial charge in [0.05, 0.1) is 12.4 Å². The largest absolute Gasteiger partial charge is 0.480 e. The molecule has 8 nitrogen and oxygen atoms in total. The third-order valence-electron chi connectivity index (χ3n) is 3.25. The van der Waals surface area contributed by atoms with Gasteiger partial charge in [0.15, 0.2) is 5.76 Å². The molecule has 2 heterocycles. The molecule has 114 valence electrons. The van der Waals surface area contributed by atoms with Gasteiger partial charge >= 0.3 is 5.97 Å². The smallest absolute Gasteiger partial charge is 0.326 e. The van der Waals surface area contributed by atoms with Crippen molar-refractivity contribution in [1.82, 2.24) is 10.2 Å². The van der Waals surface area contributed by atoms with Crippen LogP contribution in [0.4, 0.5) is 0 Å². The molecule has 2 amide bonds. The molecule has 0 aliphatic carbocycles. The highest BCUT2D eigenvalue weighted by Crippen LogP contribution is 2.18. The number of carbonyl (C=O) groups excluding carboxylic acids is 2. The van der Waals surface area contributed by atoms with E-state index < -0.39 is 29.9 Å². The molecule has 21 heavy (non-hydrogen) atoms. The Balaban J connectivity index is 1.81. The molecule has 1 aliphatic rings. The number of furan rings is 1. The van der Waals surface area contributed by atoms with Crippen molar-refractivity contribution in [3.8, 4) is 0 Å². The number of carbonyl (C=O) groups is 3. The lowest BCUT2D eigenvalue weighted by Gasteiger charge is -2.21. The topological polar surface area (TPSA) is 120 Å². The monoisotopic (exact) mass is 296 g/mol. The second-order valence-corrected chi connectivity index (χ2v) is 4.77. The van der Waals surface area contributed by atoms with E-state index in [4.69, 9.17) is 9.52 Å². The zero-order chi connectivity index (χ0) is 15.4. The Hall–Kier alpha value is -2.35. The molecule has 1 aliphatic heterocycles. The molecule has 1 aromatic heterocycles. The van der Waals surface area contributed by atoms with Crippen LogP contribution in [0.25, 0.3) is 0 Å². The predicted octanol–water partition coefficient (Wildman–Crippen LogP) is -0.554. The van der Waals surface area contributed by atoms with E-state index in [0.29, 0.717) is 0 Å². The molecule has 0 saturated carbocycles. The van der Waals surface area contributed by atoms with Crippen LogP contribution in [-0.4, -0.2) is 58.1 Å². The first-order valence-corrected chi connectivity index (χ1v) is 6.51. The Kier molecular flexibility index (Phi) is 4.59. The second kappa shape index (κ2) is 6.40. The molecule has 1 aromatic rings. The average Bonchev–Trinajstić information content (AvgIpc) is 3.07. The van der Waals surface area contributed by atoms with Gasteiger partial charge in [0.25, 0.3) is 5.91 Å². The summed E-state index contributed by atoms with van der Waals surface area (Å²) in [7, 11) is 0. The highest BCUT2D eigenvalue weighted by atomic mass is 16.4. The highest BCUT2D eigenvalue weighted by molar-refractivity contribution is 5.91. The van der Waals surface area contributed by atoms with Crippen molar-refractivity contribution < 1.29 is 29.0 Å². The van der Waals surface area contributed by atoms with Crippen LogP contribution in [0.1, 0.15) is 23.4 Å². The number of rotatable bonds is 5. The lowest BCUT2D eigenvalue weighted by Crippen LogP contribution is -2.41. The molecule has 2 atom stereocenters. The van der Waals surface area contributed by atoms with E-state index in [9.17, 15) is 19.5 Å². The van der Waals surface area contributed by atoms with Crippen LogP contribution in [0.5, 0.6) is 0 Å². The fourth-order valence-corrected chi connectivity index (χ4v) is 2.24. The lowest BCUT2D eigenvalue weighted by molar-refractivity contribution is -0.148. The Morgan fingerprint density at radius 3 is 2.81 bits per heavy atom. The SMILES string of the molecule is O=C(NCCC(=O)N1CC(O)CC1C(=O)O)c1ccco1. The van der Waals surface area contributed by atoms with Crippen molar-refractivity contribution in [1.29, 1.82) is 0 Å². The van der Waals surface area contributed by atoms with Crippen molar-refractivity contribution in [3.63, 3.8) is 0 Å². The molecule has 0 bridgehead atoms. The number of carboxylic acids is 1. The van der Waals surface area contributed by atoms with E-state index >= 15 is 0 Å². The average molecular weight is 296 g/mol. The predicted molar refractivity (Wildman–Crippen MR) is 69.4 cm³/mol. The maximum atomic E-state index is 12.0. The minimum absolute atomic E-state index is 0.00191. The molecule has 0 spiro atoms. The normalized spacial score (nSPS) is 21.3. The van der Waals surface area contributed by atoms with Crippen LogP contribution in [0, 0.1) is 0 Å². The number of amides is 2. The number of likely N-dealkylation sites (tertiary alicyclic amines) is 1. The maximum absolute atomic E-state index is 12.0. The molecular formula is C13H16N2O6. The van der Waals surface area contributed by atoms with Gasteiger partial charge in [-0.15, -0.1) is 0 Å². The molecular weight excluding hydrogens is 280 g/mol. The first-order valence-electron chi connectivity index (χ1n) is 6.51. The standard InChI is InChI=1S/C13H16N2O6/c16-8-6-9(13(19)20)15(7-8)11(17)3-4-14-12(18)10-2-1-5-21-10/h1-2,5,8-9,16H,3-4,6-7H2,(H,14,18)(H,19,20).